The maximum atomic E-state index is 12.9. The van der Waals surface area contributed by atoms with E-state index in [1.54, 1.807) is 0 Å². The number of hydrogen-bond acceptors (Lipinski definition) is 4. The standard InChI is InChI=1S/C23H25N5O3/c1-27(13-20(29)30)22(31)23(9-10-23)16-7-8-18-17(12-16)26-19(28(18)2)11-14-3-5-15(6-4-14)21(24)25/h3-8,12H,9-11,13H2,1-2H3,(H3,24,25)(H,29,30). The number of aromatic nitrogens is 2. The molecular weight excluding hydrogens is 394 g/mol. The summed E-state index contributed by atoms with van der Waals surface area (Å²) in [5, 5.41) is 16.5. The van der Waals surface area contributed by atoms with Crippen LogP contribution in [0.3, 0.4) is 0 Å². The first-order valence-electron chi connectivity index (χ1n) is 10.1. The number of nitrogens with one attached hydrogen (secondary N) is 1. The van der Waals surface area contributed by atoms with Gasteiger partial charge in [-0.15, -0.1) is 0 Å². The molecule has 0 atom stereocenters. The number of aliphatic carboxylic acids is 1. The molecule has 1 amide bonds. The quantitative estimate of drug-likeness (QED) is 0.399. The zero-order chi connectivity index (χ0) is 22.3. The highest BCUT2D eigenvalue weighted by molar-refractivity contribution is 5.95. The Hall–Kier alpha value is -3.68. The number of fused-ring (bicyclic) bond motifs is 1. The summed E-state index contributed by atoms with van der Waals surface area (Å²) < 4.78 is 2.04. The van der Waals surface area contributed by atoms with Gasteiger partial charge in [0.2, 0.25) is 5.91 Å². The lowest BCUT2D eigenvalue weighted by molar-refractivity contribution is -0.144. The Morgan fingerprint density at radius 1 is 1.23 bits per heavy atom. The number of carbonyl (C=O) groups excluding carboxylic acids is 1. The summed E-state index contributed by atoms with van der Waals surface area (Å²) in [7, 11) is 3.50. The van der Waals surface area contributed by atoms with Crippen LogP contribution in [0.25, 0.3) is 11.0 Å². The third kappa shape index (κ3) is 3.76. The molecule has 1 aromatic heterocycles. The van der Waals surface area contributed by atoms with E-state index in [1.165, 1.54) is 11.9 Å². The molecule has 1 saturated carbocycles. The molecular formula is C23H25N5O3. The molecule has 1 aliphatic carbocycles. The van der Waals surface area contributed by atoms with Crippen LogP contribution in [0, 0.1) is 5.41 Å². The zero-order valence-electron chi connectivity index (χ0n) is 17.6. The number of hydrogen-bond donors (Lipinski definition) is 3. The van der Waals surface area contributed by atoms with Crippen LogP contribution in [0.15, 0.2) is 42.5 Å². The molecule has 4 N–H and O–H groups in total. The lowest BCUT2D eigenvalue weighted by Crippen LogP contribution is -2.39. The normalized spacial score (nSPS) is 14.4. The molecule has 0 spiro atoms. The van der Waals surface area contributed by atoms with Crippen molar-refractivity contribution in [1.29, 1.82) is 5.41 Å². The third-order valence-electron chi connectivity index (χ3n) is 6.03. The summed E-state index contributed by atoms with van der Waals surface area (Å²) in [6.07, 6.45) is 2.05. The minimum absolute atomic E-state index is 0.0411. The van der Waals surface area contributed by atoms with E-state index in [1.807, 2.05) is 54.1 Å². The number of benzene rings is 2. The van der Waals surface area contributed by atoms with Gasteiger partial charge in [0.1, 0.15) is 18.2 Å². The molecule has 160 valence electrons. The molecule has 1 aliphatic rings. The summed E-state index contributed by atoms with van der Waals surface area (Å²) in [5.41, 5.74) is 9.30. The number of amides is 1. The number of nitrogen functional groups attached to an aromatic ring is 1. The van der Waals surface area contributed by atoms with Gasteiger partial charge in [0.25, 0.3) is 0 Å². The van der Waals surface area contributed by atoms with Crippen molar-refractivity contribution in [3.8, 4) is 0 Å². The van der Waals surface area contributed by atoms with E-state index in [2.05, 4.69) is 0 Å². The highest BCUT2D eigenvalue weighted by Gasteiger charge is 2.52. The van der Waals surface area contributed by atoms with Crippen LogP contribution in [0.1, 0.15) is 35.4 Å². The lowest BCUT2D eigenvalue weighted by atomic mass is 9.94. The second kappa shape index (κ2) is 7.54. The van der Waals surface area contributed by atoms with Gasteiger partial charge in [0, 0.05) is 26.1 Å². The number of imidazole rings is 1. The fourth-order valence-electron chi connectivity index (χ4n) is 4.08. The van der Waals surface area contributed by atoms with Crippen LogP contribution < -0.4 is 5.73 Å². The summed E-state index contributed by atoms with van der Waals surface area (Å²) in [5.74, 6) is -0.245. The van der Waals surface area contributed by atoms with E-state index in [0.29, 0.717) is 24.8 Å². The van der Waals surface area contributed by atoms with Gasteiger partial charge in [-0.05, 0) is 36.1 Å². The van der Waals surface area contributed by atoms with E-state index in [-0.39, 0.29) is 18.3 Å². The number of nitrogens with two attached hydrogens (primary N) is 1. The maximum Gasteiger partial charge on any atom is 0.323 e. The predicted octanol–water partition coefficient (Wildman–Crippen LogP) is 2.02. The fraction of sp³-hybridized carbons (Fsp3) is 0.304. The number of rotatable bonds is 7. The lowest BCUT2D eigenvalue weighted by Gasteiger charge is -2.22. The van der Waals surface area contributed by atoms with Gasteiger partial charge in [-0.3, -0.25) is 15.0 Å². The van der Waals surface area contributed by atoms with Crippen molar-refractivity contribution in [3.63, 3.8) is 0 Å². The molecule has 2 aromatic carbocycles. The first-order chi connectivity index (χ1) is 14.7. The van der Waals surface area contributed by atoms with Gasteiger partial charge in [0.15, 0.2) is 0 Å². The van der Waals surface area contributed by atoms with Crippen LogP contribution in [0.5, 0.6) is 0 Å². The monoisotopic (exact) mass is 419 g/mol. The molecule has 0 aliphatic heterocycles. The molecule has 0 bridgehead atoms. The second-order valence-corrected chi connectivity index (χ2v) is 8.21. The Bertz CT molecular complexity index is 1190. The number of carbonyl (C=O) groups is 2. The number of carboxylic acid groups (broad SMARTS) is 1. The average molecular weight is 419 g/mol. The minimum Gasteiger partial charge on any atom is -0.480 e. The molecule has 1 fully saturated rings. The first kappa shape index (κ1) is 20.6. The van der Waals surface area contributed by atoms with Crippen LogP contribution in [0.4, 0.5) is 0 Å². The molecule has 8 nitrogen and oxygen atoms in total. The molecule has 4 rings (SSSR count). The second-order valence-electron chi connectivity index (χ2n) is 8.21. The SMILES string of the molecule is CN(CC(=O)O)C(=O)C1(c2ccc3c(c2)nc(Cc2ccc(C(=N)N)cc2)n3C)CC1. The summed E-state index contributed by atoms with van der Waals surface area (Å²) in [4.78, 5) is 30.0. The van der Waals surface area contributed by atoms with Crippen LogP contribution in [0.2, 0.25) is 0 Å². The predicted molar refractivity (Wildman–Crippen MR) is 117 cm³/mol. The van der Waals surface area contributed by atoms with Crippen LogP contribution in [-0.4, -0.2) is 50.9 Å². The Morgan fingerprint density at radius 3 is 2.48 bits per heavy atom. The largest absolute Gasteiger partial charge is 0.480 e. The van der Waals surface area contributed by atoms with Crippen molar-refractivity contribution in [2.45, 2.75) is 24.7 Å². The van der Waals surface area contributed by atoms with Crippen molar-refractivity contribution in [2.24, 2.45) is 12.8 Å². The minimum atomic E-state index is -1.02. The van der Waals surface area contributed by atoms with Crippen molar-refractivity contribution in [2.75, 3.05) is 13.6 Å². The Morgan fingerprint density at radius 2 is 1.90 bits per heavy atom. The molecule has 0 unspecified atom stereocenters. The van der Waals surface area contributed by atoms with Crippen LogP contribution >= 0.6 is 0 Å². The molecule has 31 heavy (non-hydrogen) atoms. The third-order valence-corrected chi connectivity index (χ3v) is 6.03. The molecule has 0 saturated heterocycles. The smallest absolute Gasteiger partial charge is 0.323 e. The van der Waals surface area contributed by atoms with Gasteiger partial charge in [-0.1, -0.05) is 30.3 Å². The number of aryl methyl sites for hydroxylation is 1. The fourth-order valence-corrected chi connectivity index (χ4v) is 4.08. The number of nitrogens with zero attached hydrogens (tertiary/aromatic N) is 3. The van der Waals surface area contributed by atoms with Crippen molar-refractivity contribution in [3.05, 3.63) is 65.0 Å². The highest BCUT2D eigenvalue weighted by atomic mass is 16.4. The zero-order valence-corrected chi connectivity index (χ0v) is 17.6. The molecule has 3 aromatic rings. The Balaban J connectivity index is 1.61. The van der Waals surface area contributed by atoms with Crippen LogP contribution in [-0.2, 0) is 28.5 Å². The first-order valence-corrected chi connectivity index (χ1v) is 10.1. The van der Waals surface area contributed by atoms with E-state index in [4.69, 9.17) is 21.2 Å². The Labute approximate surface area is 179 Å². The summed E-state index contributed by atoms with van der Waals surface area (Å²) >= 11 is 0. The maximum absolute atomic E-state index is 12.9. The van der Waals surface area contributed by atoms with Crippen molar-refractivity contribution >= 4 is 28.7 Å². The van der Waals surface area contributed by atoms with E-state index >= 15 is 0 Å². The average Bonchev–Trinajstić information content (AvgIpc) is 3.48. The van der Waals surface area contributed by atoms with Gasteiger partial charge >= 0.3 is 5.97 Å². The van der Waals surface area contributed by atoms with Crippen molar-refractivity contribution < 1.29 is 14.7 Å². The van der Waals surface area contributed by atoms with Gasteiger partial charge in [-0.25, -0.2) is 4.98 Å². The summed E-state index contributed by atoms with van der Waals surface area (Å²) in [6, 6.07) is 13.4. The highest BCUT2D eigenvalue weighted by Crippen LogP contribution is 2.50. The Kier molecular flexibility index (Phi) is 5.00. The number of carboxylic acids is 1. The summed E-state index contributed by atoms with van der Waals surface area (Å²) in [6.45, 7) is -0.307. The molecule has 1 heterocycles. The number of amidine groups is 1. The van der Waals surface area contributed by atoms with Gasteiger partial charge in [0.05, 0.1) is 16.4 Å². The van der Waals surface area contributed by atoms with Gasteiger partial charge < -0.3 is 20.3 Å². The molecule has 8 heteroatoms. The number of likely N-dealkylation sites (N-methyl/N-ethyl adjacent to an activating group) is 1. The molecule has 0 radical (unpaired) electrons. The van der Waals surface area contributed by atoms with Gasteiger partial charge in [-0.2, -0.15) is 0 Å². The van der Waals surface area contributed by atoms with E-state index < -0.39 is 11.4 Å². The topological polar surface area (TPSA) is 125 Å². The van der Waals surface area contributed by atoms with E-state index in [0.717, 1.165) is 28.0 Å². The van der Waals surface area contributed by atoms with Crippen molar-refractivity contribution in [1.82, 2.24) is 14.5 Å². The van der Waals surface area contributed by atoms with E-state index in [9.17, 15) is 9.59 Å².